The molecular formula is C21H34O3. The molecule has 2 fully saturated rings. The van der Waals surface area contributed by atoms with Crippen LogP contribution >= 0.6 is 0 Å². The monoisotopic (exact) mass is 334 g/mol. The Kier molecular flexibility index (Phi) is 6.02. The van der Waals surface area contributed by atoms with Crippen LogP contribution in [0, 0.1) is 35.5 Å². The minimum atomic E-state index is -0.794. The van der Waals surface area contributed by atoms with Crippen molar-refractivity contribution in [1.29, 1.82) is 0 Å². The first-order valence-electron chi connectivity index (χ1n) is 10.0. The Bertz CT molecular complexity index is 456. The lowest BCUT2D eigenvalue weighted by Crippen LogP contribution is -2.41. The second-order valence-electron chi connectivity index (χ2n) is 8.84. The van der Waals surface area contributed by atoms with Gasteiger partial charge in [-0.2, -0.15) is 0 Å². The van der Waals surface area contributed by atoms with Gasteiger partial charge in [-0.3, -0.25) is 0 Å². The molecule has 6 unspecified atom stereocenters. The molecule has 1 N–H and O–H groups in total. The molecule has 0 aromatic carbocycles. The Labute approximate surface area is 146 Å². The van der Waals surface area contributed by atoms with Crippen LogP contribution in [0.15, 0.2) is 12.2 Å². The van der Waals surface area contributed by atoms with Gasteiger partial charge in [-0.1, -0.05) is 38.8 Å². The van der Waals surface area contributed by atoms with Crippen LogP contribution in [0.25, 0.3) is 0 Å². The normalized spacial score (nSPS) is 36.9. The van der Waals surface area contributed by atoms with Gasteiger partial charge in [-0.15, -0.1) is 0 Å². The van der Waals surface area contributed by atoms with Crippen molar-refractivity contribution in [2.75, 3.05) is 6.61 Å². The lowest BCUT2D eigenvalue weighted by molar-refractivity contribution is -0.153. The molecule has 3 rings (SSSR count). The summed E-state index contributed by atoms with van der Waals surface area (Å²) in [5, 5.41) is 9.41. The van der Waals surface area contributed by atoms with Crippen LogP contribution in [-0.4, -0.2) is 23.8 Å². The van der Waals surface area contributed by atoms with E-state index < -0.39 is 12.1 Å². The van der Waals surface area contributed by atoms with Crippen molar-refractivity contribution < 1.29 is 14.6 Å². The Morgan fingerprint density at radius 2 is 1.83 bits per heavy atom. The lowest BCUT2D eigenvalue weighted by Gasteiger charge is -2.48. The van der Waals surface area contributed by atoms with Gasteiger partial charge in [0, 0.05) is 0 Å². The predicted molar refractivity (Wildman–Crippen MR) is 95.7 cm³/mol. The summed E-state index contributed by atoms with van der Waals surface area (Å²) in [6.45, 7) is 4.78. The molecule has 0 aromatic heterocycles. The van der Waals surface area contributed by atoms with Gasteiger partial charge in [0.25, 0.3) is 0 Å². The summed E-state index contributed by atoms with van der Waals surface area (Å²) in [5.74, 6) is 3.52. The number of carbonyl (C=O) groups is 1. The molecule has 0 spiro atoms. The van der Waals surface area contributed by atoms with Gasteiger partial charge >= 0.3 is 5.97 Å². The zero-order valence-corrected chi connectivity index (χ0v) is 15.3. The van der Waals surface area contributed by atoms with Gasteiger partial charge in [0.2, 0.25) is 0 Å². The molecule has 0 amide bonds. The molecule has 0 saturated heterocycles. The highest BCUT2D eigenvalue weighted by molar-refractivity contribution is 5.72. The zero-order chi connectivity index (χ0) is 17.1. The van der Waals surface area contributed by atoms with Crippen molar-refractivity contribution in [3.63, 3.8) is 0 Å². The summed E-state index contributed by atoms with van der Waals surface area (Å²) in [6.07, 6.45) is 13.9. The van der Waals surface area contributed by atoms with E-state index >= 15 is 0 Å². The number of rotatable bonds is 6. The number of hydrogen-bond donors (Lipinski definition) is 1. The number of ether oxygens (including phenoxy) is 1. The van der Waals surface area contributed by atoms with E-state index in [9.17, 15) is 9.90 Å². The van der Waals surface area contributed by atoms with Crippen LogP contribution in [0.4, 0.5) is 0 Å². The first kappa shape index (κ1) is 18.0. The molecule has 24 heavy (non-hydrogen) atoms. The fraction of sp³-hybridized carbons (Fsp3) is 0.857. The van der Waals surface area contributed by atoms with Gasteiger partial charge < -0.3 is 9.84 Å². The Balaban J connectivity index is 1.59. The second-order valence-corrected chi connectivity index (χ2v) is 8.84. The molecule has 3 nitrogen and oxygen atoms in total. The summed E-state index contributed by atoms with van der Waals surface area (Å²) in [6, 6.07) is 0. The molecular weight excluding hydrogens is 300 g/mol. The van der Waals surface area contributed by atoms with Crippen molar-refractivity contribution in [3.8, 4) is 0 Å². The molecule has 0 aliphatic heterocycles. The van der Waals surface area contributed by atoms with Crippen molar-refractivity contribution in [1.82, 2.24) is 0 Å². The average molecular weight is 335 g/mol. The topological polar surface area (TPSA) is 46.5 Å². The van der Waals surface area contributed by atoms with E-state index in [-0.39, 0.29) is 0 Å². The highest BCUT2D eigenvalue weighted by Gasteiger charge is 2.42. The van der Waals surface area contributed by atoms with Crippen LogP contribution in [0.2, 0.25) is 0 Å². The van der Waals surface area contributed by atoms with Gasteiger partial charge in [0.1, 0.15) is 0 Å². The SMILES string of the molecule is CC(C)CC(OCC1CCCC2CC3CC=CCC3CC12)C(=O)O. The minimum Gasteiger partial charge on any atom is -0.479 e. The van der Waals surface area contributed by atoms with E-state index in [2.05, 4.69) is 26.0 Å². The van der Waals surface area contributed by atoms with E-state index in [1.165, 1.54) is 44.9 Å². The summed E-state index contributed by atoms with van der Waals surface area (Å²) in [7, 11) is 0. The molecule has 0 radical (unpaired) electrons. The predicted octanol–water partition coefficient (Wildman–Crippen LogP) is 4.91. The third-order valence-electron chi connectivity index (χ3n) is 6.72. The fourth-order valence-electron chi connectivity index (χ4n) is 5.49. The van der Waals surface area contributed by atoms with Crippen molar-refractivity contribution in [2.45, 2.75) is 71.3 Å². The molecule has 3 aliphatic carbocycles. The van der Waals surface area contributed by atoms with Crippen LogP contribution in [-0.2, 0) is 9.53 Å². The Morgan fingerprint density at radius 1 is 1.12 bits per heavy atom. The third kappa shape index (κ3) is 4.22. The molecule has 136 valence electrons. The van der Waals surface area contributed by atoms with Gasteiger partial charge in [-0.05, 0) is 74.0 Å². The van der Waals surface area contributed by atoms with Crippen LogP contribution < -0.4 is 0 Å². The molecule has 0 heterocycles. The maximum atomic E-state index is 11.4. The average Bonchev–Trinajstić information content (AvgIpc) is 2.56. The lowest BCUT2D eigenvalue weighted by atomic mass is 9.58. The van der Waals surface area contributed by atoms with E-state index in [1.807, 2.05) is 0 Å². The van der Waals surface area contributed by atoms with Crippen molar-refractivity contribution in [3.05, 3.63) is 12.2 Å². The first-order chi connectivity index (χ1) is 11.5. The molecule has 3 heteroatoms. The van der Waals surface area contributed by atoms with Crippen LogP contribution in [0.1, 0.15) is 65.2 Å². The first-order valence-corrected chi connectivity index (χ1v) is 10.0. The van der Waals surface area contributed by atoms with Gasteiger partial charge in [0.15, 0.2) is 6.10 Å². The van der Waals surface area contributed by atoms with E-state index in [4.69, 9.17) is 4.74 Å². The molecule has 0 bridgehead atoms. The fourth-order valence-corrected chi connectivity index (χ4v) is 5.49. The van der Waals surface area contributed by atoms with Crippen LogP contribution in [0.5, 0.6) is 0 Å². The summed E-state index contributed by atoms with van der Waals surface area (Å²) >= 11 is 0. The van der Waals surface area contributed by atoms with Crippen LogP contribution in [0.3, 0.4) is 0 Å². The molecule has 3 aliphatic rings. The largest absolute Gasteiger partial charge is 0.479 e. The van der Waals surface area contributed by atoms with E-state index in [0.29, 0.717) is 24.9 Å². The highest BCUT2D eigenvalue weighted by Crippen LogP contribution is 2.50. The maximum Gasteiger partial charge on any atom is 0.332 e. The number of carboxylic acids is 1. The molecule has 2 saturated carbocycles. The third-order valence-corrected chi connectivity index (χ3v) is 6.72. The molecule has 0 aromatic rings. The number of hydrogen-bond acceptors (Lipinski definition) is 2. The van der Waals surface area contributed by atoms with Crippen molar-refractivity contribution >= 4 is 5.97 Å². The highest BCUT2D eigenvalue weighted by atomic mass is 16.5. The van der Waals surface area contributed by atoms with Crippen molar-refractivity contribution in [2.24, 2.45) is 35.5 Å². The second kappa shape index (κ2) is 8.03. The Hall–Kier alpha value is -0.830. The summed E-state index contributed by atoms with van der Waals surface area (Å²) in [5.41, 5.74) is 0. The smallest absolute Gasteiger partial charge is 0.332 e. The molecule has 6 atom stereocenters. The minimum absolute atomic E-state index is 0.356. The maximum absolute atomic E-state index is 11.4. The number of fused-ring (bicyclic) bond motifs is 2. The number of carboxylic acid groups (broad SMARTS) is 1. The standard InChI is InChI=1S/C21H34O3/c1-14(2)10-20(21(22)23)24-13-18-9-5-8-17-11-15-6-3-4-7-16(15)12-19(17)18/h3-4,14-20H,5-13H2,1-2H3,(H,22,23). The summed E-state index contributed by atoms with van der Waals surface area (Å²) in [4.78, 5) is 11.4. The Morgan fingerprint density at radius 3 is 2.50 bits per heavy atom. The summed E-state index contributed by atoms with van der Waals surface area (Å²) < 4.78 is 5.93. The number of aliphatic carboxylic acids is 1. The van der Waals surface area contributed by atoms with E-state index in [1.54, 1.807) is 0 Å². The quantitative estimate of drug-likeness (QED) is 0.702. The van der Waals surface area contributed by atoms with Gasteiger partial charge in [0.05, 0.1) is 6.61 Å². The number of allylic oxidation sites excluding steroid dienone is 2. The van der Waals surface area contributed by atoms with E-state index in [0.717, 1.165) is 23.7 Å². The zero-order valence-electron chi connectivity index (χ0n) is 15.3. The van der Waals surface area contributed by atoms with Gasteiger partial charge in [-0.25, -0.2) is 4.79 Å².